The second-order valence-corrected chi connectivity index (χ2v) is 5.74. The van der Waals surface area contributed by atoms with Gasteiger partial charge in [0.05, 0.1) is 35.8 Å². The molecular formula is C17H19N3O4. The molecule has 0 unspecified atom stereocenters. The van der Waals surface area contributed by atoms with Gasteiger partial charge in [0.15, 0.2) is 6.10 Å². The van der Waals surface area contributed by atoms with E-state index in [9.17, 15) is 9.59 Å². The molecule has 1 amide bonds. The molecule has 1 aromatic carbocycles. The molecule has 7 heteroatoms. The van der Waals surface area contributed by atoms with Crippen molar-refractivity contribution in [3.05, 3.63) is 47.3 Å². The van der Waals surface area contributed by atoms with E-state index in [1.807, 2.05) is 37.3 Å². The summed E-state index contributed by atoms with van der Waals surface area (Å²) in [4.78, 5) is 25.5. The molecule has 0 saturated carbocycles. The quantitative estimate of drug-likeness (QED) is 0.920. The molecule has 0 radical (unpaired) electrons. The van der Waals surface area contributed by atoms with Crippen molar-refractivity contribution in [2.75, 3.05) is 19.7 Å². The predicted octanol–water partition coefficient (Wildman–Crippen LogP) is 1.41. The first-order valence-corrected chi connectivity index (χ1v) is 7.74. The van der Waals surface area contributed by atoms with Crippen molar-refractivity contribution in [2.45, 2.75) is 20.0 Å². The van der Waals surface area contributed by atoms with Crippen LogP contribution in [0.25, 0.3) is 5.69 Å². The number of nitrogens with zero attached hydrogens (tertiary/aromatic N) is 3. The molecule has 3 rings (SSSR count). The Morgan fingerprint density at radius 1 is 1.25 bits per heavy atom. The smallest absolute Gasteiger partial charge is 0.334 e. The molecule has 1 aromatic heterocycles. The highest BCUT2D eigenvalue weighted by Gasteiger charge is 2.32. The number of rotatable bonds is 3. The number of hydrogen-bond acceptors (Lipinski definition) is 4. The van der Waals surface area contributed by atoms with Gasteiger partial charge in [-0.2, -0.15) is 5.10 Å². The maximum atomic E-state index is 12.9. The maximum Gasteiger partial charge on any atom is 0.334 e. The van der Waals surface area contributed by atoms with Gasteiger partial charge in [-0.25, -0.2) is 9.48 Å². The van der Waals surface area contributed by atoms with Gasteiger partial charge in [-0.1, -0.05) is 18.2 Å². The highest BCUT2D eigenvalue weighted by molar-refractivity contribution is 5.97. The van der Waals surface area contributed by atoms with Crippen molar-refractivity contribution in [1.82, 2.24) is 14.7 Å². The Morgan fingerprint density at radius 2 is 1.96 bits per heavy atom. The number of hydrogen-bond donors (Lipinski definition) is 1. The van der Waals surface area contributed by atoms with Gasteiger partial charge in [0.25, 0.3) is 5.91 Å². The molecule has 1 aliphatic heterocycles. The molecule has 1 aliphatic rings. The molecule has 1 N–H and O–H groups in total. The number of ether oxygens (including phenoxy) is 1. The number of carboxylic acid groups (broad SMARTS) is 1. The summed E-state index contributed by atoms with van der Waals surface area (Å²) in [6, 6.07) is 9.58. The summed E-state index contributed by atoms with van der Waals surface area (Å²) >= 11 is 0. The molecule has 24 heavy (non-hydrogen) atoms. The van der Waals surface area contributed by atoms with Crippen LogP contribution in [0.15, 0.2) is 30.3 Å². The number of aryl methyl sites for hydroxylation is 1. The van der Waals surface area contributed by atoms with Crippen LogP contribution in [0.4, 0.5) is 0 Å². The lowest BCUT2D eigenvalue weighted by Gasteiger charge is -2.31. The van der Waals surface area contributed by atoms with Gasteiger partial charge in [-0.05, 0) is 26.0 Å². The third-order valence-corrected chi connectivity index (χ3v) is 4.14. The van der Waals surface area contributed by atoms with E-state index in [4.69, 9.17) is 9.84 Å². The minimum absolute atomic E-state index is 0.0452. The highest BCUT2D eigenvalue weighted by atomic mass is 16.5. The minimum atomic E-state index is -1.05. The van der Waals surface area contributed by atoms with E-state index in [0.29, 0.717) is 17.8 Å². The van der Waals surface area contributed by atoms with Crippen molar-refractivity contribution in [1.29, 1.82) is 0 Å². The van der Waals surface area contributed by atoms with Gasteiger partial charge in [0.1, 0.15) is 0 Å². The Balaban J connectivity index is 1.91. The number of carboxylic acids is 1. The zero-order valence-electron chi connectivity index (χ0n) is 13.6. The van der Waals surface area contributed by atoms with Crippen molar-refractivity contribution in [3.8, 4) is 5.69 Å². The molecule has 2 aromatic rings. The number of carbonyl (C=O) groups excluding carboxylic acids is 1. The zero-order chi connectivity index (χ0) is 17.3. The Bertz CT molecular complexity index is 770. The largest absolute Gasteiger partial charge is 0.479 e. The molecule has 1 atom stereocenters. The fourth-order valence-electron chi connectivity index (χ4n) is 2.91. The third kappa shape index (κ3) is 2.90. The molecule has 0 aliphatic carbocycles. The minimum Gasteiger partial charge on any atom is -0.479 e. The van der Waals surface area contributed by atoms with Crippen molar-refractivity contribution in [2.24, 2.45) is 0 Å². The van der Waals surface area contributed by atoms with Crippen LogP contribution in [-0.4, -0.2) is 57.5 Å². The summed E-state index contributed by atoms with van der Waals surface area (Å²) in [5.74, 6) is -1.26. The number of amides is 1. The van der Waals surface area contributed by atoms with Gasteiger partial charge in [-0.15, -0.1) is 0 Å². The number of carbonyl (C=O) groups is 2. The van der Waals surface area contributed by atoms with Gasteiger partial charge < -0.3 is 14.7 Å². The Labute approximate surface area is 139 Å². The van der Waals surface area contributed by atoms with E-state index < -0.39 is 12.1 Å². The first kappa shape index (κ1) is 16.2. The SMILES string of the molecule is Cc1nn(-c2ccccc2)c(C)c1C(=O)N1CCO[C@@H](C(=O)O)C1. The Morgan fingerprint density at radius 3 is 2.62 bits per heavy atom. The van der Waals surface area contributed by atoms with Crippen LogP contribution in [0, 0.1) is 13.8 Å². The second-order valence-electron chi connectivity index (χ2n) is 5.74. The van der Waals surface area contributed by atoms with Crippen LogP contribution in [0.3, 0.4) is 0 Å². The van der Waals surface area contributed by atoms with Crippen molar-refractivity contribution in [3.63, 3.8) is 0 Å². The van der Waals surface area contributed by atoms with Crippen LogP contribution in [-0.2, 0) is 9.53 Å². The summed E-state index contributed by atoms with van der Waals surface area (Å²) < 4.78 is 6.91. The molecule has 0 bridgehead atoms. The van der Waals surface area contributed by atoms with E-state index in [1.165, 1.54) is 4.90 Å². The summed E-state index contributed by atoms with van der Waals surface area (Å²) in [6.45, 7) is 4.26. The van der Waals surface area contributed by atoms with E-state index in [-0.39, 0.29) is 19.1 Å². The van der Waals surface area contributed by atoms with Crippen LogP contribution >= 0.6 is 0 Å². The molecule has 2 heterocycles. The number of morpholine rings is 1. The van der Waals surface area contributed by atoms with Gasteiger partial charge >= 0.3 is 5.97 Å². The Kier molecular flexibility index (Phi) is 4.35. The van der Waals surface area contributed by atoms with Crippen LogP contribution in [0.1, 0.15) is 21.7 Å². The van der Waals surface area contributed by atoms with Gasteiger partial charge in [-0.3, -0.25) is 4.79 Å². The topological polar surface area (TPSA) is 84.7 Å². The lowest BCUT2D eigenvalue weighted by molar-refractivity contribution is -0.154. The average Bonchev–Trinajstić information content (AvgIpc) is 2.89. The van der Waals surface area contributed by atoms with Gasteiger partial charge in [0, 0.05) is 6.54 Å². The first-order chi connectivity index (χ1) is 11.5. The highest BCUT2D eigenvalue weighted by Crippen LogP contribution is 2.20. The van der Waals surface area contributed by atoms with E-state index in [1.54, 1.807) is 11.6 Å². The molecule has 0 spiro atoms. The number of aromatic nitrogens is 2. The molecule has 1 saturated heterocycles. The number of benzene rings is 1. The van der Waals surface area contributed by atoms with Crippen LogP contribution in [0.5, 0.6) is 0 Å². The van der Waals surface area contributed by atoms with Crippen LogP contribution in [0.2, 0.25) is 0 Å². The van der Waals surface area contributed by atoms with Crippen LogP contribution < -0.4 is 0 Å². The van der Waals surface area contributed by atoms with E-state index >= 15 is 0 Å². The second kappa shape index (κ2) is 6.45. The first-order valence-electron chi connectivity index (χ1n) is 7.74. The summed E-state index contributed by atoms with van der Waals surface area (Å²) in [6.07, 6.45) is -0.979. The summed E-state index contributed by atoms with van der Waals surface area (Å²) in [5.41, 5.74) is 2.76. The Hall–Kier alpha value is -2.67. The normalized spacial score (nSPS) is 17.8. The predicted molar refractivity (Wildman–Crippen MR) is 86.3 cm³/mol. The molecular weight excluding hydrogens is 310 g/mol. The number of aliphatic carboxylic acids is 1. The lowest BCUT2D eigenvalue weighted by atomic mass is 10.1. The fourth-order valence-corrected chi connectivity index (χ4v) is 2.91. The fraction of sp³-hybridized carbons (Fsp3) is 0.353. The number of para-hydroxylation sites is 1. The maximum absolute atomic E-state index is 12.9. The van der Waals surface area contributed by atoms with E-state index in [0.717, 1.165) is 11.4 Å². The third-order valence-electron chi connectivity index (χ3n) is 4.14. The summed E-state index contributed by atoms with van der Waals surface area (Å²) in [5, 5.41) is 13.6. The monoisotopic (exact) mass is 329 g/mol. The van der Waals surface area contributed by atoms with Crippen molar-refractivity contribution >= 4 is 11.9 Å². The molecule has 126 valence electrons. The molecule has 1 fully saturated rings. The zero-order valence-corrected chi connectivity index (χ0v) is 13.6. The molecule has 7 nitrogen and oxygen atoms in total. The van der Waals surface area contributed by atoms with Gasteiger partial charge in [0.2, 0.25) is 0 Å². The lowest BCUT2D eigenvalue weighted by Crippen LogP contribution is -2.48. The van der Waals surface area contributed by atoms with E-state index in [2.05, 4.69) is 5.10 Å². The average molecular weight is 329 g/mol. The van der Waals surface area contributed by atoms with Crippen molar-refractivity contribution < 1.29 is 19.4 Å². The summed E-state index contributed by atoms with van der Waals surface area (Å²) in [7, 11) is 0. The standard InChI is InChI=1S/C17H19N3O4/c1-11-15(12(2)20(18-11)13-6-4-3-5-7-13)16(21)19-8-9-24-14(10-19)17(22)23/h3-7,14H,8-10H2,1-2H3,(H,22,23)/t14-/m1/s1.